The number of hydrogen-bond acceptors (Lipinski definition) is 2. The molecule has 1 rings (SSSR count). The normalized spacial score (nSPS) is 11.3. The highest BCUT2D eigenvalue weighted by atomic mass is 79.9. The summed E-state index contributed by atoms with van der Waals surface area (Å²) in [4.78, 5) is 12.3. The van der Waals surface area contributed by atoms with E-state index in [2.05, 4.69) is 21.2 Å². The van der Waals surface area contributed by atoms with Gasteiger partial charge in [-0.3, -0.25) is 4.79 Å². The van der Waals surface area contributed by atoms with Crippen molar-refractivity contribution >= 4 is 27.5 Å². The minimum Gasteiger partial charge on any atom is -0.329 e. The van der Waals surface area contributed by atoms with Crippen LogP contribution in [-0.4, -0.2) is 12.5 Å². The van der Waals surface area contributed by atoms with Crippen LogP contribution in [0.2, 0.25) is 0 Å². The lowest BCUT2D eigenvalue weighted by Crippen LogP contribution is -2.41. The summed E-state index contributed by atoms with van der Waals surface area (Å²) in [5.41, 5.74) is 6.07. The highest BCUT2D eigenvalue weighted by Gasteiger charge is 2.33. The van der Waals surface area contributed by atoms with Gasteiger partial charge in [-0.05, 0) is 40.9 Å². The Morgan fingerprint density at radius 1 is 1.35 bits per heavy atom. The van der Waals surface area contributed by atoms with Gasteiger partial charge in [-0.25, -0.2) is 0 Å². The summed E-state index contributed by atoms with van der Waals surface area (Å²) in [7, 11) is 0. The van der Waals surface area contributed by atoms with E-state index in [9.17, 15) is 4.79 Å². The number of amides is 1. The van der Waals surface area contributed by atoms with Gasteiger partial charge in [0.15, 0.2) is 0 Å². The number of carbonyl (C=O) groups is 1. The Labute approximate surface area is 111 Å². The van der Waals surface area contributed by atoms with Crippen molar-refractivity contribution in [2.24, 2.45) is 11.1 Å². The number of benzene rings is 1. The first-order valence-corrected chi connectivity index (χ1v) is 6.65. The number of hydrogen-bond donors (Lipinski definition) is 2. The van der Waals surface area contributed by atoms with Gasteiger partial charge in [0.2, 0.25) is 5.91 Å². The Morgan fingerprint density at radius 3 is 2.41 bits per heavy atom. The number of carbonyl (C=O) groups excluding carboxylic acids is 1. The molecular formula is C13H19BrN2O. The van der Waals surface area contributed by atoms with Crippen molar-refractivity contribution in [3.8, 4) is 0 Å². The highest BCUT2D eigenvalue weighted by Crippen LogP contribution is 2.29. The molecule has 0 aliphatic rings. The number of nitrogens with one attached hydrogen (secondary N) is 1. The second kappa shape index (κ2) is 6.17. The maximum absolute atomic E-state index is 12.3. The third kappa shape index (κ3) is 3.07. The number of nitrogens with two attached hydrogens (primary N) is 1. The summed E-state index contributed by atoms with van der Waals surface area (Å²) >= 11 is 3.41. The molecule has 0 bridgehead atoms. The summed E-state index contributed by atoms with van der Waals surface area (Å²) < 4.78 is 0.881. The molecular weight excluding hydrogens is 280 g/mol. The van der Waals surface area contributed by atoms with Gasteiger partial charge >= 0.3 is 0 Å². The Balaban J connectivity index is 2.88. The van der Waals surface area contributed by atoms with Crippen molar-refractivity contribution < 1.29 is 4.79 Å². The van der Waals surface area contributed by atoms with E-state index in [-0.39, 0.29) is 5.91 Å². The molecule has 1 amide bonds. The topological polar surface area (TPSA) is 55.1 Å². The van der Waals surface area contributed by atoms with Crippen LogP contribution < -0.4 is 11.1 Å². The zero-order valence-electron chi connectivity index (χ0n) is 10.3. The first-order chi connectivity index (χ1) is 8.09. The first kappa shape index (κ1) is 14.2. The molecule has 0 spiro atoms. The van der Waals surface area contributed by atoms with Gasteiger partial charge in [-0.15, -0.1) is 0 Å². The summed E-state index contributed by atoms with van der Waals surface area (Å²) in [5, 5.41) is 2.94. The van der Waals surface area contributed by atoms with Crippen LogP contribution in [0.3, 0.4) is 0 Å². The quantitative estimate of drug-likeness (QED) is 0.877. The van der Waals surface area contributed by atoms with Crippen molar-refractivity contribution in [2.45, 2.75) is 26.7 Å². The van der Waals surface area contributed by atoms with Crippen molar-refractivity contribution in [1.82, 2.24) is 0 Å². The fourth-order valence-corrected chi connectivity index (χ4v) is 2.15. The molecule has 1 aromatic rings. The number of halogens is 1. The molecule has 3 nitrogen and oxygen atoms in total. The molecule has 0 radical (unpaired) electrons. The van der Waals surface area contributed by atoms with E-state index in [1.807, 2.05) is 38.1 Å². The SMILES string of the molecule is CCC(CC)(CN)C(=O)Nc1ccccc1Br. The lowest BCUT2D eigenvalue weighted by Gasteiger charge is -2.28. The number of rotatable bonds is 5. The molecule has 4 heteroatoms. The highest BCUT2D eigenvalue weighted by molar-refractivity contribution is 9.10. The Hall–Kier alpha value is -0.870. The van der Waals surface area contributed by atoms with Crippen LogP contribution in [0.4, 0.5) is 5.69 Å². The third-order valence-electron chi connectivity index (χ3n) is 3.35. The van der Waals surface area contributed by atoms with Crippen molar-refractivity contribution in [3.63, 3.8) is 0 Å². The maximum atomic E-state index is 12.3. The van der Waals surface area contributed by atoms with E-state index in [1.165, 1.54) is 0 Å². The van der Waals surface area contributed by atoms with Crippen LogP contribution in [0.25, 0.3) is 0 Å². The predicted molar refractivity (Wildman–Crippen MR) is 74.8 cm³/mol. The van der Waals surface area contributed by atoms with Crippen molar-refractivity contribution in [3.05, 3.63) is 28.7 Å². The second-order valence-electron chi connectivity index (χ2n) is 4.13. The molecule has 17 heavy (non-hydrogen) atoms. The molecule has 0 aromatic heterocycles. The van der Waals surface area contributed by atoms with Crippen molar-refractivity contribution in [1.29, 1.82) is 0 Å². The smallest absolute Gasteiger partial charge is 0.231 e. The van der Waals surface area contributed by atoms with Gasteiger partial charge in [-0.1, -0.05) is 26.0 Å². The molecule has 0 heterocycles. The zero-order valence-corrected chi connectivity index (χ0v) is 11.9. The first-order valence-electron chi connectivity index (χ1n) is 5.85. The fraction of sp³-hybridized carbons (Fsp3) is 0.462. The molecule has 0 saturated carbocycles. The summed E-state index contributed by atoms with van der Waals surface area (Å²) in [6.45, 7) is 4.36. The van der Waals surface area contributed by atoms with E-state index in [0.717, 1.165) is 23.0 Å². The molecule has 94 valence electrons. The van der Waals surface area contributed by atoms with Crippen LogP contribution >= 0.6 is 15.9 Å². The van der Waals surface area contributed by atoms with Crippen LogP contribution in [0.5, 0.6) is 0 Å². The van der Waals surface area contributed by atoms with E-state index in [0.29, 0.717) is 6.54 Å². The molecule has 0 fully saturated rings. The minimum absolute atomic E-state index is 0.00287. The van der Waals surface area contributed by atoms with Crippen LogP contribution in [0.1, 0.15) is 26.7 Å². The Bertz CT molecular complexity index is 380. The van der Waals surface area contributed by atoms with Gasteiger partial charge in [0, 0.05) is 11.0 Å². The van der Waals surface area contributed by atoms with Crippen LogP contribution in [0, 0.1) is 5.41 Å². The maximum Gasteiger partial charge on any atom is 0.231 e. The molecule has 0 saturated heterocycles. The largest absolute Gasteiger partial charge is 0.329 e. The average Bonchev–Trinajstić information content (AvgIpc) is 2.35. The number of anilines is 1. The number of para-hydroxylation sites is 1. The fourth-order valence-electron chi connectivity index (χ4n) is 1.77. The van der Waals surface area contributed by atoms with Crippen LogP contribution in [-0.2, 0) is 4.79 Å². The van der Waals surface area contributed by atoms with E-state index < -0.39 is 5.41 Å². The second-order valence-corrected chi connectivity index (χ2v) is 4.98. The van der Waals surface area contributed by atoms with E-state index in [4.69, 9.17) is 5.73 Å². The predicted octanol–water partition coefficient (Wildman–Crippen LogP) is 3.15. The minimum atomic E-state index is -0.463. The average molecular weight is 299 g/mol. The molecule has 0 unspecified atom stereocenters. The van der Waals surface area contributed by atoms with Gasteiger partial charge < -0.3 is 11.1 Å². The van der Waals surface area contributed by atoms with E-state index >= 15 is 0 Å². The Kier molecular flexibility index (Phi) is 5.15. The van der Waals surface area contributed by atoms with E-state index in [1.54, 1.807) is 0 Å². The van der Waals surface area contributed by atoms with Gasteiger partial charge in [0.1, 0.15) is 0 Å². The third-order valence-corrected chi connectivity index (χ3v) is 4.04. The monoisotopic (exact) mass is 298 g/mol. The van der Waals surface area contributed by atoms with Gasteiger partial charge in [-0.2, -0.15) is 0 Å². The molecule has 0 aliphatic carbocycles. The zero-order chi connectivity index (χ0) is 12.9. The van der Waals surface area contributed by atoms with Gasteiger partial charge in [0.05, 0.1) is 11.1 Å². The summed E-state index contributed by atoms with van der Waals surface area (Å²) in [5.74, 6) is -0.00287. The molecule has 3 N–H and O–H groups in total. The summed E-state index contributed by atoms with van der Waals surface area (Å²) in [6.07, 6.45) is 1.49. The standard InChI is InChI=1S/C13H19BrN2O/c1-3-13(4-2,9-15)12(17)16-11-8-6-5-7-10(11)14/h5-8H,3-4,9,15H2,1-2H3,(H,16,17). The van der Waals surface area contributed by atoms with Crippen molar-refractivity contribution in [2.75, 3.05) is 11.9 Å². The van der Waals surface area contributed by atoms with Crippen LogP contribution in [0.15, 0.2) is 28.7 Å². The molecule has 1 aromatic carbocycles. The molecule has 0 aliphatic heterocycles. The lowest BCUT2D eigenvalue weighted by atomic mass is 9.81. The molecule has 0 atom stereocenters. The Morgan fingerprint density at radius 2 is 1.94 bits per heavy atom. The summed E-state index contributed by atoms with van der Waals surface area (Å²) in [6, 6.07) is 7.57. The lowest BCUT2D eigenvalue weighted by molar-refractivity contribution is -0.125. The van der Waals surface area contributed by atoms with Gasteiger partial charge in [0.25, 0.3) is 0 Å².